The van der Waals surface area contributed by atoms with Crippen LogP contribution in [0.2, 0.25) is 0 Å². The van der Waals surface area contributed by atoms with Gasteiger partial charge >= 0.3 is 0 Å². The maximum Gasteiger partial charge on any atom is 0.244 e. The lowest BCUT2D eigenvalue weighted by Gasteiger charge is -2.35. The highest BCUT2D eigenvalue weighted by Gasteiger charge is 2.39. The quantitative estimate of drug-likeness (QED) is 0.559. The number of anilines is 2. The summed E-state index contributed by atoms with van der Waals surface area (Å²) in [6, 6.07) is 20.1. The summed E-state index contributed by atoms with van der Waals surface area (Å²) in [4.78, 5) is 25.3. The molecule has 8 heteroatoms. The summed E-state index contributed by atoms with van der Waals surface area (Å²) >= 11 is 0. The highest BCUT2D eigenvalue weighted by Crippen LogP contribution is 2.30. The molecular weight excluding hydrogens is 450 g/mol. The highest BCUT2D eigenvalue weighted by atomic mass is 32.2. The monoisotopic (exact) mass is 477 g/mol. The van der Waals surface area contributed by atoms with Gasteiger partial charge in [0.05, 0.1) is 4.90 Å². The van der Waals surface area contributed by atoms with Crippen LogP contribution in [-0.4, -0.2) is 30.6 Å². The van der Waals surface area contributed by atoms with Crippen molar-refractivity contribution in [1.82, 2.24) is 4.31 Å². The van der Waals surface area contributed by atoms with E-state index in [1.807, 2.05) is 31.2 Å². The second-order valence-electron chi connectivity index (χ2n) is 8.32. The number of fused-ring (bicyclic) bond motifs is 1. The molecule has 0 saturated heterocycles. The third-order valence-corrected chi connectivity index (χ3v) is 7.74. The maximum atomic E-state index is 13.6. The first-order valence-electron chi connectivity index (χ1n) is 11.1. The first kappa shape index (κ1) is 23.7. The van der Waals surface area contributed by atoms with Crippen LogP contribution in [0.1, 0.15) is 30.0 Å². The Morgan fingerprint density at radius 3 is 2.24 bits per heavy atom. The van der Waals surface area contributed by atoms with E-state index in [2.05, 4.69) is 10.6 Å². The molecule has 0 spiro atoms. The standard InChI is InChI=1S/C26H27N3O4S/c1-3-25(30)27-21-9-6-10-22(16-21)28-26(31)24-15-19-7-4-5-8-20(19)17-29(24)34(32,33)23-13-11-18(2)12-14-23/h4-14,16,24H,3,15,17H2,1-2H3,(H,27,30)(H,28,31)/t24-/m1/s1. The Morgan fingerprint density at radius 1 is 0.912 bits per heavy atom. The number of carbonyl (C=O) groups is 2. The van der Waals surface area contributed by atoms with Crippen molar-refractivity contribution in [3.05, 3.63) is 89.5 Å². The minimum Gasteiger partial charge on any atom is -0.326 e. The third kappa shape index (κ3) is 5.03. The lowest BCUT2D eigenvalue weighted by atomic mass is 9.95. The van der Waals surface area contributed by atoms with Crippen molar-refractivity contribution in [2.45, 2.75) is 44.2 Å². The lowest BCUT2D eigenvalue weighted by Crippen LogP contribution is -2.50. The fourth-order valence-electron chi connectivity index (χ4n) is 3.97. The molecule has 2 N–H and O–H groups in total. The molecule has 0 radical (unpaired) electrons. The summed E-state index contributed by atoms with van der Waals surface area (Å²) in [5, 5.41) is 5.60. The van der Waals surface area contributed by atoms with Gasteiger partial charge in [-0.1, -0.05) is 55.0 Å². The fraction of sp³-hybridized carbons (Fsp3) is 0.231. The van der Waals surface area contributed by atoms with Gasteiger partial charge in [0.1, 0.15) is 6.04 Å². The van der Waals surface area contributed by atoms with Crippen LogP contribution in [0, 0.1) is 6.92 Å². The number of sulfonamides is 1. The number of hydrogen-bond acceptors (Lipinski definition) is 4. The third-order valence-electron chi connectivity index (χ3n) is 5.87. The van der Waals surface area contributed by atoms with Crippen LogP contribution < -0.4 is 10.6 Å². The Hall–Kier alpha value is -3.49. The first-order chi connectivity index (χ1) is 16.3. The minimum atomic E-state index is -3.92. The van der Waals surface area contributed by atoms with E-state index in [4.69, 9.17) is 0 Å². The van der Waals surface area contributed by atoms with E-state index in [0.717, 1.165) is 16.7 Å². The molecule has 3 aromatic carbocycles. The Bertz CT molecular complexity index is 1320. The van der Waals surface area contributed by atoms with Gasteiger partial charge in [-0.25, -0.2) is 8.42 Å². The van der Waals surface area contributed by atoms with E-state index >= 15 is 0 Å². The number of rotatable bonds is 6. The van der Waals surface area contributed by atoms with Crippen LogP contribution in [0.15, 0.2) is 77.7 Å². The van der Waals surface area contributed by atoms with Crippen LogP contribution in [-0.2, 0) is 32.6 Å². The molecule has 0 aliphatic carbocycles. The zero-order valence-corrected chi connectivity index (χ0v) is 19.9. The number of carbonyl (C=O) groups excluding carboxylic acids is 2. The molecule has 34 heavy (non-hydrogen) atoms. The molecule has 0 fully saturated rings. The number of nitrogens with zero attached hydrogens (tertiary/aromatic N) is 1. The van der Waals surface area contributed by atoms with Crippen molar-refractivity contribution in [3.8, 4) is 0 Å². The molecule has 1 aliphatic heterocycles. The molecule has 1 atom stereocenters. The summed E-state index contributed by atoms with van der Waals surface area (Å²) in [5.41, 5.74) is 3.81. The molecule has 0 saturated carbocycles. The van der Waals surface area contributed by atoms with Gasteiger partial charge in [-0.15, -0.1) is 0 Å². The van der Waals surface area contributed by atoms with Gasteiger partial charge in [0.25, 0.3) is 0 Å². The predicted octanol–water partition coefficient (Wildman–Crippen LogP) is 4.10. The van der Waals surface area contributed by atoms with Crippen molar-refractivity contribution in [3.63, 3.8) is 0 Å². The molecule has 176 valence electrons. The Labute approximate surface area is 199 Å². The zero-order chi connectivity index (χ0) is 24.3. The van der Waals surface area contributed by atoms with Crippen molar-refractivity contribution in [2.75, 3.05) is 10.6 Å². The average Bonchev–Trinajstić information content (AvgIpc) is 2.83. The van der Waals surface area contributed by atoms with Crippen LogP contribution in [0.4, 0.5) is 11.4 Å². The largest absolute Gasteiger partial charge is 0.326 e. The normalized spacial score (nSPS) is 15.9. The Balaban J connectivity index is 1.65. The van der Waals surface area contributed by atoms with Gasteiger partial charge in [0.15, 0.2) is 0 Å². The van der Waals surface area contributed by atoms with E-state index in [1.165, 1.54) is 4.31 Å². The number of amides is 2. The SMILES string of the molecule is CCC(=O)Nc1cccc(NC(=O)[C@H]2Cc3ccccc3CN2S(=O)(=O)c2ccc(C)cc2)c1. The van der Waals surface area contributed by atoms with Crippen LogP contribution in [0.5, 0.6) is 0 Å². The van der Waals surface area contributed by atoms with Gasteiger partial charge in [0, 0.05) is 24.3 Å². The van der Waals surface area contributed by atoms with Gasteiger partial charge in [-0.2, -0.15) is 4.31 Å². The molecule has 7 nitrogen and oxygen atoms in total. The van der Waals surface area contributed by atoms with Crippen LogP contribution >= 0.6 is 0 Å². The summed E-state index contributed by atoms with van der Waals surface area (Å²) in [6.07, 6.45) is 0.600. The number of benzene rings is 3. The van der Waals surface area contributed by atoms with E-state index < -0.39 is 22.0 Å². The summed E-state index contributed by atoms with van der Waals surface area (Å²) in [5.74, 6) is -0.563. The molecule has 1 heterocycles. The first-order valence-corrected chi connectivity index (χ1v) is 12.6. The summed E-state index contributed by atoms with van der Waals surface area (Å²) < 4.78 is 28.4. The second-order valence-corrected chi connectivity index (χ2v) is 10.2. The number of hydrogen-bond donors (Lipinski definition) is 2. The topological polar surface area (TPSA) is 95.6 Å². The molecule has 0 aromatic heterocycles. The predicted molar refractivity (Wildman–Crippen MR) is 132 cm³/mol. The molecule has 4 rings (SSSR count). The molecular formula is C26H27N3O4S. The zero-order valence-electron chi connectivity index (χ0n) is 19.1. The molecule has 0 bridgehead atoms. The molecule has 3 aromatic rings. The van der Waals surface area contributed by atoms with E-state index in [9.17, 15) is 18.0 Å². The van der Waals surface area contributed by atoms with Gasteiger partial charge in [-0.3, -0.25) is 9.59 Å². The van der Waals surface area contributed by atoms with E-state index in [-0.39, 0.29) is 23.8 Å². The smallest absolute Gasteiger partial charge is 0.244 e. The summed E-state index contributed by atoms with van der Waals surface area (Å²) in [6.45, 7) is 3.75. The van der Waals surface area contributed by atoms with Crippen molar-refractivity contribution < 1.29 is 18.0 Å². The molecule has 2 amide bonds. The van der Waals surface area contributed by atoms with Crippen molar-refractivity contribution in [1.29, 1.82) is 0 Å². The second kappa shape index (κ2) is 9.79. The maximum absolute atomic E-state index is 13.6. The van der Waals surface area contributed by atoms with Crippen LogP contribution in [0.3, 0.4) is 0 Å². The van der Waals surface area contributed by atoms with Gasteiger partial charge < -0.3 is 10.6 Å². The Kier molecular flexibility index (Phi) is 6.81. The minimum absolute atomic E-state index is 0.108. The van der Waals surface area contributed by atoms with E-state index in [1.54, 1.807) is 55.5 Å². The van der Waals surface area contributed by atoms with Gasteiger partial charge in [0.2, 0.25) is 21.8 Å². The van der Waals surface area contributed by atoms with Crippen molar-refractivity contribution in [2.24, 2.45) is 0 Å². The lowest BCUT2D eigenvalue weighted by molar-refractivity contribution is -0.120. The number of nitrogens with one attached hydrogen (secondary N) is 2. The average molecular weight is 478 g/mol. The molecule has 1 aliphatic rings. The highest BCUT2D eigenvalue weighted by molar-refractivity contribution is 7.89. The van der Waals surface area contributed by atoms with Gasteiger partial charge in [-0.05, 0) is 54.8 Å². The van der Waals surface area contributed by atoms with Crippen LogP contribution in [0.25, 0.3) is 0 Å². The summed E-state index contributed by atoms with van der Waals surface area (Å²) in [7, 11) is -3.92. The van der Waals surface area contributed by atoms with Crippen molar-refractivity contribution >= 4 is 33.2 Å². The van der Waals surface area contributed by atoms with E-state index in [0.29, 0.717) is 17.8 Å². The Morgan fingerprint density at radius 2 is 1.56 bits per heavy atom. The fourth-order valence-corrected chi connectivity index (χ4v) is 5.54. The number of aryl methyl sites for hydroxylation is 1. The molecule has 0 unspecified atom stereocenters.